The van der Waals surface area contributed by atoms with Gasteiger partial charge in [0.2, 0.25) is 0 Å². The number of alkyl halides is 1. The van der Waals surface area contributed by atoms with Gasteiger partial charge in [0.25, 0.3) is 0 Å². The molecule has 2 rings (SSSR count). The summed E-state index contributed by atoms with van der Waals surface area (Å²) in [5.41, 5.74) is 1.80. The molecule has 0 saturated carbocycles. The molecule has 0 fully saturated rings. The van der Waals surface area contributed by atoms with Crippen molar-refractivity contribution < 1.29 is 4.42 Å². The van der Waals surface area contributed by atoms with E-state index in [1.54, 1.807) is 10.9 Å². The van der Waals surface area contributed by atoms with E-state index in [9.17, 15) is 0 Å². The largest absolute Gasteiger partial charge is 0.463 e. The molecular formula is C9H9ClN2O. The fraction of sp³-hybridized carbons (Fsp3) is 0.222. The minimum Gasteiger partial charge on any atom is -0.463 e. The first-order valence-corrected chi connectivity index (χ1v) is 4.47. The van der Waals surface area contributed by atoms with Crippen LogP contribution in [-0.4, -0.2) is 9.78 Å². The molecule has 2 heterocycles. The summed E-state index contributed by atoms with van der Waals surface area (Å²) in [5, 5.41) is 4.21. The number of furan rings is 1. The highest BCUT2D eigenvalue weighted by Crippen LogP contribution is 2.20. The van der Waals surface area contributed by atoms with Gasteiger partial charge < -0.3 is 4.42 Å². The summed E-state index contributed by atoms with van der Waals surface area (Å²) in [6.45, 7) is 0. The Morgan fingerprint density at radius 2 is 2.46 bits per heavy atom. The summed E-state index contributed by atoms with van der Waals surface area (Å²) < 4.78 is 7.01. The van der Waals surface area contributed by atoms with Gasteiger partial charge in [0.1, 0.15) is 5.69 Å². The van der Waals surface area contributed by atoms with Gasteiger partial charge in [0, 0.05) is 7.05 Å². The molecule has 0 aromatic carbocycles. The van der Waals surface area contributed by atoms with Gasteiger partial charge in [-0.15, -0.1) is 11.6 Å². The van der Waals surface area contributed by atoms with Crippen LogP contribution in [0.2, 0.25) is 0 Å². The van der Waals surface area contributed by atoms with Crippen LogP contribution in [0, 0.1) is 0 Å². The lowest BCUT2D eigenvalue weighted by atomic mass is 10.3. The van der Waals surface area contributed by atoms with Crippen LogP contribution < -0.4 is 0 Å². The normalized spacial score (nSPS) is 10.6. The lowest BCUT2D eigenvalue weighted by molar-refractivity contribution is 0.573. The van der Waals surface area contributed by atoms with Crippen LogP contribution in [0.5, 0.6) is 0 Å². The Labute approximate surface area is 80.9 Å². The average Bonchev–Trinajstić information content (AvgIpc) is 2.72. The van der Waals surface area contributed by atoms with Crippen molar-refractivity contribution in [3.05, 3.63) is 30.2 Å². The van der Waals surface area contributed by atoms with Crippen molar-refractivity contribution in [3.63, 3.8) is 0 Å². The van der Waals surface area contributed by atoms with E-state index in [1.165, 1.54) is 0 Å². The quantitative estimate of drug-likeness (QED) is 0.691. The number of nitrogens with zero attached hydrogens (tertiary/aromatic N) is 2. The molecule has 0 saturated heterocycles. The van der Waals surface area contributed by atoms with Gasteiger partial charge in [-0.3, -0.25) is 4.68 Å². The molecule has 0 N–H and O–H groups in total. The van der Waals surface area contributed by atoms with E-state index in [2.05, 4.69) is 5.10 Å². The summed E-state index contributed by atoms with van der Waals surface area (Å²) in [7, 11) is 1.87. The molecule has 4 heteroatoms. The van der Waals surface area contributed by atoms with Crippen LogP contribution in [0.25, 0.3) is 11.5 Å². The lowest BCUT2D eigenvalue weighted by Gasteiger charge is -1.94. The molecule has 0 spiro atoms. The number of aromatic nitrogens is 2. The van der Waals surface area contributed by atoms with Crippen molar-refractivity contribution in [2.45, 2.75) is 5.88 Å². The third-order valence-corrected chi connectivity index (χ3v) is 2.11. The molecule has 0 aliphatic rings. The van der Waals surface area contributed by atoms with E-state index >= 15 is 0 Å². The molecule has 13 heavy (non-hydrogen) atoms. The second-order valence-electron chi connectivity index (χ2n) is 2.76. The molecule has 68 valence electrons. The zero-order chi connectivity index (χ0) is 9.26. The maximum Gasteiger partial charge on any atom is 0.151 e. The number of hydrogen-bond donors (Lipinski definition) is 0. The molecule has 0 radical (unpaired) electrons. The molecule has 0 aliphatic carbocycles. The van der Waals surface area contributed by atoms with Crippen molar-refractivity contribution in [1.82, 2.24) is 9.78 Å². The van der Waals surface area contributed by atoms with Crippen molar-refractivity contribution >= 4 is 11.6 Å². The SMILES string of the molecule is Cn1nc(CCl)cc1-c1ccco1. The van der Waals surface area contributed by atoms with Crippen LogP contribution in [0.15, 0.2) is 28.9 Å². The van der Waals surface area contributed by atoms with Crippen LogP contribution >= 0.6 is 11.6 Å². The van der Waals surface area contributed by atoms with Gasteiger partial charge in [-0.05, 0) is 18.2 Å². The minimum atomic E-state index is 0.425. The second-order valence-corrected chi connectivity index (χ2v) is 3.02. The van der Waals surface area contributed by atoms with E-state index in [1.807, 2.05) is 25.2 Å². The summed E-state index contributed by atoms with van der Waals surface area (Å²) in [6.07, 6.45) is 1.64. The Balaban J connectivity index is 2.46. The third kappa shape index (κ3) is 1.47. The predicted octanol–water partition coefficient (Wildman–Crippen LogP) is 2.42. The highest BCUT2D eigenvalue weighted by atomic mass is 35.5. The fourth-order valence-corrected chi connectivity index (χ4v) is 1.38. The molecule has 0 aliphatic heterocycles. The number of hydrogen-bond acceptors (Lipinski definition) is 2. The van der Waals surface area contributed by atoms with Gasteiger partial charge >= 0.3 is 0 Å². The molecule has 0 unspecified atom stereocenters. The van der Waals surface area contributed by atoms with Gasteiger partial charge in [-0.25, -0.2) is 0 Å². The van der Waals surface area contributed by atoms with Crippen LogP contribution in [0.1, 0.15) is 5.69 Å². The van der Waals surface area contributed by atoms with E-state index in [4.69, 9.17) is 16.0 Å². The number of halogens is 1. The highest BCUT2D eigenvalue weighted by Gasteiger charge is 2.08. The van der Waals surface area contributed by atoms with Crippen molar-refractivity contribution in [1.29, 1.82) is 0 Å². The highest BCUT2D eigenvalue weighted by molar-refractivity contribution is 6.16. The van der Waals surface area contributed by atoms with Crippen molar-refractivity contribution in [2.75, 3.05) is 0 Å². The monoisotopic (exact) mass is 196 g/mol. The zero-order valence-electron chi connectivity index (χ0n) is 7.20. The minimum absolute atomic E-state index is 0.425. The maximum atomic E-state index is 5.67. The van der Waals surface area contributed by atoms with Gasteiger partial charge in [0.15, 0.2) is 5.76 Å². The fourth-order valence-electron chi connectivity index (χ4n) is 1.25. The molecule has 0 bridgehead atoms. The van der Waals surface area contributed by atoms with Crippen LogP contribution in [0.3, 0.4) is 0 Å². The topological polar surface area (TPSA) is 31.0 Å². The summed E-state index contributed by atoms with van der Waals surface area (Å²) in [6, 6.07) is 5.67. The molecule has 0 amide bonds. The Kier molecular flexibility index (Phi) is 2.10. The smallest absolute Gasteiger partial charge is 0.151 e. The second kappa shape index (κ2) is 3.26. The first-order valence-electron chi connectivity index (χ1n) is 3.94. The van der Waals surface area contributed by atoms with Gasteiger partial charge in [-0.2, -0.15) is 5.10 Å². The van der Waals surface area contributed by atoms with Crippen molar-refractivity contribution in [3.8, 4) is 11.5 Å². The molecule has 3 nitrogen and oxygen atoms in total. The van der Waals surface area contributed by atoms with Crippen LogP contribution in [-0.2, 0) is 12.9 Å². The van der Waals surface area contributed by atoms with E-state index in [0.717, 1.165) is 17.1 Å². The Hall–Kier alpha value is -1.22. The van der Waals surface area contributed by atoms with E-state index < -0.39 is 0 Å². The van der Waals surface area contributed by atoms with Gasteiger partial charge in [0.05, 0.1) is 17.8 Å². The Bertz CT molecular complexity index is 392. The first kappa shape index (κ1) is 8.38. The standard InChI is InChI=1S/C9H9ClN2O/c1-12-8(5-7(6-10)11-12)9-3-2-4-13-9/h2-5H,6H2,1H3. The van der Waals surface area contributed by atoms with Crippen LogP contribution in [0.4, 0.5) is 0 Å². The summed E-state index contributed by atoms with van der Waals surface area (Å²) in [4.78, 5) is 0. The molecular weight excluding hydrogens is 188 g/mol. The van der Waals surface area contributed by atoms with Gasteiger partial charge in [-0.1, -0.05) is 0 Å². The first-order chi connectivity index (χ1) is 6.31. The molecule has 0 atom stereocenters. The van der Waals surface area contributed by atoms with E-state index in [-0.39, 0.29) is 0 Å². The lowest BCUT2D eigenvalue weighted by Crippen LogP contribution is -1.92. The average molecular weight is 197 g/mol. The predicted molar refractivity (Wildman–Crippen MR) is 50.5 cm³/mol. The Morgan fingerprint density at radius 3 is 3.00 bits per heavy atom. The van der Waals surface area contributed by atoms with E-state index in [0.29, 0.717) is 5.88 Å². The Morgan fingerprint density at radius 1 is 1.62 bits per heavy atom. The molecule has 2 aromatic rings. The third-order valence-electron chi connectivity index (χ3n) is 1.84. The molecule has 2 aromatic heterocycles. The maximum absolute atomic E-state index is 5.67. The van der Waals surface area contributed by atoms with Crippen molar-refractivity contribution in [2.24, 2.45) is 7.05 Å². The number of aryl methyl sites for hydroxylation is 1. The summed E-state index contributed by atoms with van der Waals surface area (Å²) >= 11 is 5.67. The zero-order valence-corrected chi connectivity index (χ0v) is 7.95. The number of rotatable bonds is 2. The summed E-state index contributed by atoms with van der Waals surface area (Å²) in [5.74, 6) is 1.24.